The molecule has 1 aliphatic carbocycles. The summed E-state index contributed by atoms with van der Waals surface area (Å²) >= 11 is 0. The first-order valence-corrected chi connectivity index (χ1v) is 4.34. The van der Waals surface area contributed by atoms with Crippen LogP contribution in [0.4, 0.5) is 26.3 Å². The van der Waals surface area contributed by atoms with E-state index in [1.54, 1.807) is 0 Å². The molecule has 0 aromatic heterocycles. The number of alkyl halides is 6. The molecule has 0 bridgehead atoms. The molecule has 3 atom stereocenters. The second-order valence-corrected chi connectivity index (χ2v) is 3.43. The van der Waals surface area contributed by atoms with Crippen LogP contribution in [0, 0.1) is 0 Å². The third-order valence-electron chi connectivity index (χ3n) is 2.60. The van der Waals surface area contributed by atoms with Crippen molar-refractivity contribution in [1.82, 2.24) is 0 Å². The van der Waals surface area contributed by atoms with Crippen LogP contribution in [0.2, 0.25) is 0 Å². The molecule has 1 nitrogen and oxygen atoms in total. The molecule has 90 valence electrons. The van der Waals surface area contributed by atoms with Gasteiger partial charge in [-0.2, -0.15) is 17.6 Å². The highest BCUT2D eigenvalue weighted by Crippen LogP contribution is 2.63. The maximum atomic E-state index is 13.4. The number of hydrogen-bond donors (Lipinski definition) is 0. The predicted molar refractivity (Wildman–Crippen MR) is 39.7 cm³/mol. The number of ether oxygens (including phenoxy) is 1. The molecule has 0 radical (unpaired) electrons. The first kappa shape index (κ1) is 12.6. The summed E-state index contributed by atoms with van der Waals surface area (Å²) in [6, 6.07) is 0. The van der Waals surface area contributed by atoms with Crippen LogP contribution >= 0.6 is 0 Å². The first-order valence-electron chi connectivity index (χ1n) is 4.34. The fourth-order valence-corrected chi connectivity index (χ4v) is 1.59. The van der Waals surface area contributed by atoms with Gasteiger partial charge in [0.25, 0.3) is 0 Å². The monoisotopic (exact) mass is 236 g/mol. The van der Waals surface area contributed by atoms with E-state index in [4.69, 9.17) is 0 Å². The van der Waals surface area contributed by atoms with Crippen molar-refractivity contribution in [2.45, 2.75) is 43.6 Å². The maximum Gasteiger partial charge on any atom is 0.352 e. The average molecular weight is 236 g/mol. The lowest BCUT2D eigenvalue weighted by Crippen LogP contribution is -2.82. The fourth-order valence-electron chi connectivity index (χ4n) is 1.59. The van der Waals surface area contributed by atoms with Crippen molar-refractivity contribution in [2.75, 3.05) is 6.61 Å². The van der Waals surface area contributed by atoms with Crippen molar-refractivity contribution in [3.63, 3.8) is 0 Å². The lowest BCUT2D eigenvalue weighted by molar-refractivity contribution is -0.412. The third kappa shape index (κ3) is 1.21. The van der Waals surface area contributed by atoms with Gasteiger partial charge >= 0.3 is 11.8 Å². The van der Waals surface area contributed by atoms with E-state index >= 15 is 0 Å². The Morgan fingerprint density at radius 1 is 1.20 bits per heavy atom. The summed E-state index contributed by atoms with van der Waals surface area (Å²) in [6.07, 6.45) is -5.46. The van der Waals surface area contributed by atoms with Crippen LogP contribution < -0.4 is 0 Å². The van der Waals surface area contributed by atoms with Crippen LogP contribution in [0.5, 0.6) is 0 Å². The quantitative estimate of drug-likeness (QED) is 0.684. The zero-order valence-electron chi connectivity index (χ0n) is 8.04. The Hall–Kier alpha value is -0.460. The molecular formula is C8H10F6O. The first-order chi connectivity index (χ1) is 6.64. The summed E-state index contributed by atoms with van der Waals surface area (Å²) in [4.78, 5) is 0. The normalized spacial score (nSPS) is 39.6. The molecule has 15 heavy (non-hydrogen) atoms. The molecule has 0 saturated heterocycles. The van der Waals surface area contributed by atoms with Gasteiger partial charge in [0.15, 0.2) is 0 Å². The van der Waals surface area contributed by atoms with Gasteiger partial charge in [-0.25, -0.2) is 8.78 Å². The van der Waals surface area contributed by atoms with Crippen molar-refractivity contribution >= 4 is 0 Å². The van der Waals surface area contributed by atoms with Gasteiger partial charge in [-0.3, -0.25) is 0 Å². The topological polar surface area (TPSA) is 9.23 Å². The third-order valence-corrected chi connectivity index (χ3v) is 2.60. The van der Waals surface area contributed by atoms with Gasteiger partial charge in [-0.1, -0.05) is 0 Å². The molecule has 0 aromatic rings. The fraction of sp³-hybridized carbons (Fsp3) is 1.00. The summed E-state index contributed by atoms with van der Waals surface area (Å²) in [5.41, 5.74) is -3.95. The van der Waals surface area contributed by atoms with Crippen molar-refractivity contribution in [1.29, 1.82) is 0 Å². The number of rotatable bonds is 3. The Balaban J connectivity index is 2.96. The van der Waals surface area contributed by atoms with Crippen molar-refractivity contribution in [2.24, 2.45) is 0 Å². The van der Waals surface area contributed by atoms with Crippen molar-refractivity contribution in [3.05, 3.63) is 0 Å². The highest BCUT2D eigenvalue weighted by Gasteiger charge is 2.91. The highest BCUT2D eigenvalue weighted by molar-refractivity contribution is 5.25. The Morgan fingerprint density at radius 2 is 1.67 bits per heavy atom. The predicted octanol–water partition coefficient (Wildman–Crippen LogP) is 2.74. The summed E-state index contributed by atoms with van der Waals surface area (Å²) in [5.74, 6) is -10.00. The Morgan fingerprint density at radius 3 is 2.00 bits per heavy atom. The van der Waals surface area contributed by atoms with Crippen molar-refractivity contribution < 1.29 is 31.1 Å². The zero-order valence-corrected chi connectivity index (χ0v) is 8.04. The molecule has 1 saturated carbocycles. The van der Waals surface area contributed by atoms with Crippen LogP contribution in [-0.2, 0) is 4.74 Å². The van der Waals surface area contributed by atoms with Crippen LogP contribution in [0.3, 0.4) is 0 Å². The number of halogens is 6. The van der Waals surface area contributed by atoms with Crippen LogP contribution in [0.25, 0.3) is 0 Å². The Labute approximate surface area is 82.4 Å². The van der Waals surface area contributed by atoms with E-state index in [0.717, 1.165) is 6.92 Å². The molecule has 0 amide bonds. The second-order valence-electron chi connectivity index (χ2n) is 3.43. The van der Waals surface area contributed by atoms with Gasteiger partial charge in [-0.05, 0) is 13.8 Å². The molecule has 7 heteroatoms. The van der Waals surface area contributed by atoms with E-state index in [-0.39, 0.29) is 6.61 Å². The molecule has 3 unspecified atom stereocenters. The Kier molecular flexibility index (Phi) is 2.74. The largest absolute Gasteiger partial charge is 0.375 e. The zero-order chi connectivity index (χ0) is 12.1. The second kappa shape index (κ2) is 3.26. The van der Waals surface area contributed by atoms with Crippen LogP contribution in [-0.4, -0.2) is 36.4 Å². The number of hydrogen-bond acceptors (Lipinski definition) is 1. The van der Waals surface area contributed by atoms with E-state index in [0.29, 0.717) is 0 Å². The minimum Gasteiger partial charge on any atom is -0.375 e. The van der Waals surface area contributed by atoms with E-state index in [9.17, 15) is 26.3 Å². The van der Waals surface area contributed by atoms with Crippen LogP contribution in [0.15, 0.2) is 0 Å². The molecule has 0 heterocycles. The SMILES string of the molecule is CCOC(C)C1(F)C(F)C(F)(F)C1(F)F. The van der Waals surface area contributed by atoms with Crippen LogP contribution in [0.1, 0.15) is 13.8 Å². The molecule has 1 aliphatic rings. The van der Waals surface area contributed by atoms with Gasteiger partial charge in [0.05, 0.1) is 6.10 Å². The molecular weight excluding hydrogens is 226 g/mol. The van der Waals surface area contributed by atoms with Gasteiger partial charge < -0.3 is 4.74 Å². The summed E-state index contributed by atoms with van der Waals surface area (Å²) < 4.78 is 80.8. The van der Waals surface area contributed by atoms with E-state index in [1.165, 1.54) is 6.92 Å². The van der Waals surface area contributed by atoms with Gasteiger partial charge in [0, 0.05) is 6.61 Å². The highest BCUT2D eigenvalue weighted by atomic mass is 19.3. The maximum absolute atomic E-state index is 13.4. The smallest absolute Gasteiger partial charge is 0.352 e. The molecule has 0 N–H and O–H groups in total. The molecule has 0 spiro atoms. The van der Waals surface area contributed by atoms with Gasteiger partial charge in [0.1, 0.15) is 0 Å². The van der Waals surface area contributed by atoms with Gasteiger partial charge in [0.2, 0.25) is 11.8 Å². The minimum absolute atomic E-state index is 0.165. The standard InChI is InChI=1S/C8H10F6O/c1-3-15-4(2)6(10)5(9)7(11,12)8(6,13)14/h4-5H,3H2,1-2H3. The molecule has 1 fully saturated rings. The minimum atomic E-state index is -5.03. The van der Waals surface area contributed by atoms with E-state index < -0.39 is 29.8 Å². The van der Waals surface area contributed by atoms with Crippen molar-refractivity contribution in [3.8, 4) is 0 Å². The molecule has 1 rings (SSSR count). The summed E-state index contributed by atoms with van der Waals surface area (Å²) in [7, 11) is 0. The lowest BCUT2D eigenvalue weighted by Gasteiger charge is -2.53. The summed E-state index contributed by atoms with van der Waals surface area (Å²) in [6.45, 7) is 2.00. The van der Waals surface area contributed by atoms with E-state index in [1.807, 2.05) is 0 Å². The van der Waals surface area contributed by atoms with Gasteiger partial charge in [-0.15, -0.1) is 0 Å². The molecule has 0 aliphatic heterocycles. The lowest BCUT2D eigenvalue weighted by atomic mass is 9.68. The average Bonchev–Trinajstić information content (AvgIpc) is 2.14. The molecule has 0 aromatic carbocycles. The van der Waals surface area contributed by atoms with E-state index in [2.05, 4.69) is 4.74 Å². The summed E-state index contributed by atoms with van der Waals surface area (Å²) in [5, 5.41) is 0. The Bertz CT molecular complexity index is 256.